The van der Waals surface area contributed by atoms with Crippen molar-refractivity contribution >= 4 is 0 Å². The van der Waals surface area contributed by atoms with Crippen LogP contribution < -0.4 is 49.6 Å². The fraction of sp³-hybridized carbons (Fsp3) is 0.200. The maximum atomic E-state index is 2.16. The number of hydrogen-bond donors (Lipinski definition) is 0. The second kappa shape index (κ2) is 13.0. The molecule has 0 aliphatic heterocycles. The van der Waals surface area contributed by atoms with E-state index in [0.717, 1.165) is 0 Å². The van der Waals surface area contributed by atoms with Crippen molar-refractivity contribution in [3.05, 3.63) is 22.1 Å². The fourth-order valence-corrected chi connectivity index (χ4v) is 0.782. The zero-order valence-electron chi connectivity index (χ0n) is 4.95. The van der Waals surface area contributed by atoms with Crippen LogP contribution >= 0.6 is 0 Å². The summed E-state index contributed by atoms with van der Waals surface area (Å²) < 4.78 is 1.47. The van der Waals surface area contributed by atoms with Gasteiger partial charge in [0.05, 0.1) is 0 Å². The van der Waals surface area contributed by atoms with E-state index in [4.69, 9.17) is 0 Å². The summed E-state index contributed by atoms with van der Waals surface area (Å²) in [4.78, 5) is 0. The number of allylic oxidation sites excluding steroid dienone is 4. The summed E-state index contributed by atoms with van der Waals surface area (Å²) in [7, 11) is 0. The van der Waals surface area contributed by atoms with Crippen LogP contribution in [0.4, 0.5) is 0 Å². The van der Waals surface area contributed by atoms with Crippen LogP contribution in [0.3, 0.4) is 0 Å². The molecule has 0 radical (unpaired) electrons. The molecule has 0 spiro atoms. The first-order chi connectivity index (χ1) is 2.89. The van der Waals surface area contributed by atoms with Crippen molar-refractivity contribution in [1.29, 1.82) is 0 Å². The summed E-state index contributed by atoms with van der Waals surface area (Å²) >= 11 is 2.14. The standard InChI is InChI=1S/C5H5.4ClH.Ti/c1-2-4-5-3-1;;;;;/h1-3H,4H2;4*1H;/q;;;;;+4/p-4. The molecule has 1 rings (SSSR count). The summed E-state index contributed by atoms with van der Waals surface area (Å²) in [6.07, 6.45) is 7.56. The molecule has 0 N–H and O–H groups in total. The third-order valence-corrected chi connectivity index (χ3v) is 1.35. The van der Waals surface area contributed by atoms with Gasteiger partial charge in [0, 0.05) is 0 Å². The molecule has 57 valence electrons. The average Bonchev–Trinajstić information content (AvgIpc) is 1.86. The molecule has 0 aromatic rings. The minimum absolute atomic E-state index is 0. The van der Waals surface area contributed by atoms with Gasteiger partial charge in [-0.15, -0.1) is 0 Å². The predicted molar refractivity (Wildman–Crippen MR) is 21.8 cm³/mol. The molecule has 0 aromatic heterocycles. The van der Waals surface area contributed by atoms with Crippen molar-refractivity contribution in [2.24, 2.45) is 0 Å². The summed E-state index contributed by atoms with van der Waals surface area (Å²) in [6.45, 7) is 0. The van der Waals surface area contributed by atoms with Gasteiger partial charge in [0.25, 0.3) is 0 Å². The van der Waals surface area contributed by atoms with Gasteiger partial charge in [-0.05, 0) is 0 Å². The van der Waals surface area contributed by atoms with Gasteiger partial charge in [-0.25, -0.2) is 0 Å². The van der Waals surface area contributed by atoms with Gasteiger partial charge in [0.1, 0.15) is 0 Å². The SMILES string of the molecule is [Cl-].[Cl-].[Cl-].[Cl-].[Ti+4][C]1=CC=CC1. The predicted octanol–water partition coefficient (Wildman–Crippen LogP) is -10.6. The van der Waals surface area contributed by atoms with E-state index < -0.39 is 0 Å². The van der Waals surface area contributed by atoms with E-state index in [2.05, 4.69) is 38.7 Å². The van der Waals surface area contributed by atoms with Crippen LogP contribution in [0.5, 0.6) is 0 Å². The van der Waals surface area contributed by atoms with Crippen LogP contribution in [0.2, 0.25) is 0 Å². The molecule has 0 aromatic carbocycles. The Morgan fingerprint density at radius 2 is 1.60 bits per heavy atom. The van der Waals surface area contributed by atoms with Gasteiger partial charge in [0.15, 0.2) is 0 Å². The quantitative estimate of drug-likeness (QED) is 0.377. The molecule has 10 heavy (non-hydrogen) atoms. The van der Waals surface area contributed by atoms with Crippen LogP contribution in [-0.2, 0) is 20.4 Å². The monoisotopic (exact) mass is 253 g/mol. The zero-order chi connectivity index (χ0) is 4.41. The molecule has 0 saturated heterocycles. The Morgan fingerprint density at radius 1 is 1.10 bits per heavy atom. The summed E-state index contributed by atoms with van der Waals surface area (Å²) in [5, 5.41) is 0. The van der Waals surface area contributed by atoms with Crippen molar-refractivity contribution in [1.82, 2.24) is 0 Å². The van der Waals surface area contributed by atoms with Crippen LogP contribution in [0.25, 0.3) is 0 Å². The molecule has 0 bridgehead atoms. The van der Waals surface area contributed by atoms with Crippen LogP contribution in [0.1, 0.15) is 6.42 Å². The Balaban J connectivity index is -0.0000000450. The third kappa shape index (κ3) is 9.35. The van der Waals surface area contributed by atoms with Crippen LogP contribution in [-0.4, -0.2) is 0 Å². The minimum atomic E-state index is 0. The van der Waals surface area contributed by atoms with Gasteiger partial charge in [-0.1, -0.05) is 0 Å². The summed E-state index contributed by atoms with van der Waals surface area (Å²) in [5.41, 5.74) is 0. The first kappa shape index (κ1) is 22.5. The first-order valence-electron chi connectivity index (χ1n) is 1.97. The second-order valence-corrected chi connectivity index (χ2v) is 2.33. The van der Waals surface area contributed by atoms with Crippen LogP contribution in [0, 0.1) is 0 Å². The summed E-state index contributed by atoms with van der Waals surface area (Å²) in [5.74, 6) is 0. The molecular formula is C5H5Cl4Ti. The van der Waals surface area contributed by atoms with Crippen LogP contribution in [0.15, 0.2) is 22.1 Å². The molecule has 0 atom stereocenters. The van der Waals surface area contributed by atoms with E-state index in [1.807, 2.05) is 0 Å². The van der Waals surface area contributed by atoms with E-state index in [-0.39, 0.29) is 49.6 Å². The molecule has 1 aliphatic rings. The van der Waals surface area contributed by atoms with Crippen molar-refractivity contribution < 1.29 is 70.1 Å². The maximum absolute atomic E-state index is 2.16. The molecule has 1 aliphatic carbocycles. The van der Waals surface area contributed by atoms with E-state index in [1.54, 1.807) is 0 Å². The van der Waals surface area contributed by atoms with E-state index in [0.29, 0.717) is 0 Å². The Bertz CT molecular complexity index is 110. The van der Waals surface area contributed by atoms with E-state index in [9.17, 15) is 0 Å². The van der Waals surface area contributed by atoms with Gasteiger partial charge >= 0.3 is 49.0 Å². The van der Waals surface area contributed by atoms with Gasteiger partial charge < -0.3 is 49.6 Å². The number of hydrogen-bond acceptors (Lipinski definition) is 0. The second-order valence-electron chi connectivity index (χ2n) is 1.32. The topological polar surface area (TPSA) is 0 Å². The summed E-state index contributed by atoms with van der Waals surface area (Å²) in [6, 6.07) is 0. The van der Waals surface area contributed by atoms with Gasteiger partial charge in [-0.2, -0.15) is 0 Å². The van der Waals surface area contributed by atoms with Gasteiger partial charge in [0.2, 0.25) is 0 Å². The molecule has 5 heteroatoms. The Morgan fingerprint density at radius 3 is 1.70 bits per heavy atom. The third-order valence-electron chi connectivity index (χ3n) is 0.771. The molecule has 0 unspecified atom stereocenters. The normalized spacial score (nSPS) is 11.2. The molecule has 0 heterocycles. The van der Waals surface area contributed by atoms with Crippen molar-refractivity contribution in [2.45, 2.75) is 6.42 Å². The average molecular weight is 255 g/mol. The molecule has 0 saturated carbocycles. The van der Waals surface area contributed by atoms with Crippen molar-refractivity contribution in [3.8, 4) is 0 Å². The van der Waals surface area contributed by atoms with E-state index in [1.165, 1.54) is 10.3 Å². The van der Waals surface area contributed by atoms with Crippen molar-refractivity contribution in [3.63, 3.8) is 0 Å². The molecule has 0 amide bonds. The fourth-order valence-electron chi connectivity index (χ4n) is 0.447. The number of halogens is 4. The Hall–Kier alpha value is 1.35. The molecule has 0 fully saturated rings. The van der Waals surface area contributed by atoms with E-state index >= 15 is 0 Å². The van der Waals surface area contributed by atoms with Crippen molar-refractivity contribution in [2.75, 3.05) is 0 Å². The Labute approximate surface area is 98.0 Å². The Kier molecular flexibility index (Phi) is 29.2. The first-order valence-corrected chi connectivity index (χ1v) is 2.75. The van der Waals surface area contributed by atoms with Gasteiger partial charge in [-0.3, -0.25) is 0 Å². The molecule has 0 nitrogen and oxygen atoms in total. The molecular weight excluding hydrogens is 250 g/mol. The zero-order valence-corrected chi connectivity index (χ0v) is 9.54. The number of rotatable bonds is 0.